The lowest BCUT2D eigenvalue weighted by molar-refractivity contribution is 0.104. The number of rotatable bonds is 2. The molecule has 0 aliphatic rings. The first-order valence-corrected chi connectivity index (χ1v) is 4.89. The van der Waals surface area contributed by atoms with Gasteiger partial charge in [-0.2, -0.15) is 0 Å². The van der Waals surface area contributed by atoms with Crippen LogP contribution >= 0.6 is 11.6 Å². The van der Waals surface area contributed by atoms with Crippen molar-refractivity contribution in [2.45, 2.75) is 6.92 Å². The third-order valence-electron chi connectivity index (χ3n) is 2.16. The molecule has 0 amide bonds. The van der Waals surface area contributed by atoms with Gasteiger partial charge in [0.05, 0.1) is 0 Å². The van der Waals surface area contributed by atoms with Crippen molar-refractivity contribution in [2.75, 3.05) is 0 Å². The Morgan fingerprint density at radius 1 is 1.44 bits per heavy atom. The maximum Gasteiger partial charge on any atom is 0.290 e. The van der Waals surface area contributed by atoms with Crippen LogP contribution in [0.25, 0.3) is 11.3 Å². The highest BCUT2D eigenvalue weighted by Crippen LogP contribution is 2.22. The Morgan fingerprint density at radius 2 is 2.19 bits per heavy atom. The fourth-order valence-electron chi connectivity index (χ4n) is 1.31. The maximum atomic E-state index is 13.0. The smallest absolute Gasteiger partial charge is 0.290 e. The second-order valence-corrected chi connectivity index (χ2v) is 3.66. The minimum Gasteiger partial charge on any atom is -0.351 e. The van der Waals surface area contributed by atoms with E-state index in [0.717, 1.165) is 0 Å². The predicted octanol–water partition coefficient (Wildman–Crippen LogP) is 3.17. The Labute approximate surface area is 95.8 Å². The molecule has 0 fully saturated rings. The van der Waals surface area contributed by atoms with Gasteiger partial charge in [0.15, 0.2) is 0 Å². The molecule has 0 spiro atoms. The van der Waals surface area contributed by atoms with Crippen molar-refractivity contribution in [2.24, 2.45) is 0 Å². The lowest BCUT2D eigenvalue weighted by Crippen LogP contribution is -1.84. The van der Waals surface area contributed by atoms with Crippen molar-refractivity contribution in [3.05, 3.63) is 41.4 Å². The van der Waals surface area contributed by atoms with Gasteiger partial charge in [0.1, 0.15) is 11.5 Å². The van der Waals surface area contributed by atoms with Crippen molar-refractivity contribution < 1.29 is 13.7 Å². The van der Waals surface area contributed by atoms with Gasteiger partial charge in [-0.1, -0.05) is 5.16 Å². The second-order valence-electron chi connectivity index (χ2n) is 3.31. The molecule has 82 valence electrons. The van der Waals surface area contributed by atoms with Crippen LogP contribution in [0.3, 0.4) is 0 Å². The molecule has 0 aliphatic carbocycles. The molecule has 0 radical (unpaired) electrons. The topological polar surface area (TPSA) is 43.1 Å². The molecule has 0 saturated carbocycles. The van der Waals surface area contributed by atoms with Crippen LogP contribution in [-0.4, -0.2) is 10.4 Å². The lowest BCUT2D eigenvalue weighted by Gasteiger charge is -1.98. The highest BCUT2D eigenvalue weighted by molar-refractivity contribution is 6.67. The van der Waals surface area contributed by atoms with Crippen molar-refractivity contribution in [3.8, 4) is 11.3 Å². The van der Waals surface area contributed by atoms with E-state index in [-0.39, 0.29) is 11.6 Å². The summed E-state index contributed by atoms with van der Waals surface area (Å²) in [4.78, 5) is 10.8. The molecular weight excluding hydrogens is 233 g/mol. The highest BCUT2D eigenvalue weighted by atomic mass is 35.5. The molecule has 2 rings (SSSR count). The minimum atomic E-state index is -0.711. The number of aryl methyl sites for hydroxylation is 1. The number of carbonyl (C=O) groups is 1. The molecule has 0 aliphatic heterocycles. The van der Waals surface area contributed by atoms with E-state index < -0.39 is 5.24 Å². The van der Waals surface area contributed by atoms with Gasteiger partial charge in [-0.05, 0) is 42.3 Å². The molecule has 0 unspecified atom stereocenters. The molecule has 0 saturated heterocycles. The SMILES string of the molecule is Cc1cc(-c2cc(C(=O)Cl)on2)ccc1F. The summed E-state index contributed by atoms with van der Waals surface area (Å²) < 4.78 is 17.8. The molecule has 3 nitrogen and oxygen atoms in total. The average Bonchev–Trinajstić information content (AvgIpc) is 2.71. The van der Waals surface area contributed by atoms with Crippen LogP contribution in [0.2, 0.25) is 0 Å². The van der Waals surface area contributed by atoms with Crippen molar-refractivity contribution in [3.63, 3.8) is 0 Å². The molecule has 0 bridgehead atoms. The summed E-state index contributed by atoms with van der Waals surface area (Å²) in [6, 6.07) is 5.93. The summed E-state index contributed by atoms with van der Waals surface area (Å²) in [5, 5.41) is 2.97. The van der Waals surface area contributed by atoms with E-state index in [1.165, 1.54) is 12.1 Å². The van der Waals surface area contributed by atoms with E-state index in [2.05, 4.69) is 5.16 Å². The third kappa shape index (κ3) is 1.97. The Bertz CT molecular complexity index is 551. The van der Waals surface area contributed by atoms with E-state index in [0.29, 0.717) is 16.8 Å². The number of benzene rings is 1. The second kappa shape index (κ2) is 4.06. The number of nitrogens with zero attached hydrogens (tertiary/aromatic N) is 1. The zero-order chi connectivity index (χ0) is 11.7. The summed E-state index contributed by atoms with van der Waals surface area (Å²) in [6.07, 6.45) is 0. The van der Waals surface area contributed by atoms with E-state index in [1.807, 2.05) is 0 Å². The third-order valence-corrected chi connectivity index (χ3v) is 2.34. The normalized spacial score (nSPS) is 10.4. The molecule has 1 heterocycles. The van der Waals surface area contributed by atoms with E-state index in [9.17, 15) is 9.18 Å². The number of halogens is 2. The van der Waals surface area contributed by atoms with Gasteiger partial charge >= 0.3 is 0 Å². The Kier molecular flexibility index (Phi) is 2.75. The fraction of sp³-hybridized carbons (Fsp3) is 0.0909. The Morgan fingerprint density at radius 3 is 2.75 bits per heavy atom. The fourth-order valence-corrected chi connectivity index (χ4v) is 1.40. The van der Waals surface area contributed by atoms with Gasteiger partial charge in [-0.3, -0.25) is 4.79 Å². The molecule has 2 aromatic rings. The summed E-state index contributed by atoms with van der Waals surface area (Å²) in [6.45, 7) is 1.65. The van der Waals surface area contributed by atoms with Crippen molar-refractivity contribution >= 4 is 16.8 Å². The standard InChI is InChI=1S/C11H7ClFNO2/c1-6-4-7(2-3-8(6)13)9-5-10(11(12)15)16-14-9/h2-5H,1H3. The average molecular weight is 240 g/mol. The van der Waals surface area contributed by atoms with Crippen LogP contribution in [0, 0.1) is 12.7 Å². The van der Waals surface area contributed by atoms with Gasteiger partial charge in [0, 0.05) is 11.6 Å². The van der Waals surface area contributed by atoms with Gasteiger partial charge in [-0.25, -0.2) is 4.39 Å². The van der Waals surface area contributed by atoms with Crippen molar-refractivity contribution in [1.82, 2.24) is 5.16 Å². The quantitative estimate of drug-likeness (QED) is 0.756. The number of carbonyl (C=O) groups excluding carboxylic acids is 1. The summed E-state index contributed by atoms with van der Waals surface area (Å²) >= 11 is 5.23. The predicted molar refractivity (Wildman–Crippen MR) is 56.8 cm³/mol. The number of hydrogen-bond acceptors (Lipinski definition) is 3. The molecule has 1 aromatic heterocycles. The van der Waals surface area contributed by atoms with Crippen LogP contribution in [0.4, 0.5) is 4.39 Å². The molecular formula is C11H7ClFNO2. The van der Waals surface area contributed by atoms with Gasteiger partial charge < -0.3 is 4.52 Å². The van der Waals surface area contributed by atoms with Crippen LogP contribution < -0.4 is 0 Å². The van der Waals surface area contributed by atoms with Crippen LogP contribution in [-0.2, 0) is 0 Å². The van der Waals surface area contributed by atoms with E-state index >= 15 is 0 Å². The van der Waals surface area contributed by atoms with Crippen LogP contribution in [0.5, 0.6) is 0 Å². The zero-order valence-corrected chi connectivity index (χ0v) is 9.08. The highest BCUT2D eigenvalue weighted by Gasteiger charge is 2.12. The van der Waals surface area contributed by atoms with Crippen molar-refractivity contribution in [1.29, 1.82) is 0 Å². The number of aromatic nitrogens is 1. The van der Waals surface area contributed by atoms with Crippen LogP contribution in [0.15, 0.2) is 28.8 Å². The Hall–Kier alpha value is -1.68. The Balaban J connectivity index is 2.42. The first-order chi connectivity index (χ1) is 7.58. The lowest BCUT2D eigenvalue weighted by atomic mass is 10.1. The summed E-state index contributed by atoms with van der Waals surface area (Å²) in [5.74, 6) is -0.320. The monoisotopic (exact) mass is 239 g/mol. The van der Waals surface area contributed by atoms with Gasteiger partial charge in [0.2, 0.25) is 5.76 Å². The minimum absolute atomic E-state index is 0.0290. The molecule has 0 N–H and O–H groups in total. The zero-order valence-electron chi connectivity index (χ0n) is 8.33. The maximum absolute atomic E-state index is 13.0. The molecule has 5 heteroatoms. The molecule has 16 heavy (non-hydrogen) atoms. The van der Waals surface area contributed by atoms with Crippen LogP contribution in [0.1, 0.15) is 16.1 Å². The number of hydrogen-bond donors (Lipinski definition) is 0. The molecule has 1 aromatic carbocycles. The van der Waals surface area contributed by atoms with Gasteiger partial charge in [-0.15, -0.1) is 0 Å². The largest absolute Gasteiger partial charge is 0.351 e. The summed E-state index contributed by atoms with van der Waals surface area (Å²) in [7, 11) is 0. The first kappa shape index (κ1) is 10.8. The van der Waals surface area contributed by atoms with Gasteiger partial charge in [0.25, 0.3) is 5.24 Å². The first-order valence-electron chi connectivity index (χ1n) is 4.51. The van der Waals surface area contributed by atoms with E-state index in [4.69, 9.17) is 16.1 Å². The summed E-state index contributed by atoms with van der Waals surface area (Å²) in [5.41, 5.74) is 1.62. The molecule has 0 atom stereocenters. The van der Waals surface area contributed by atoms with E-state index in [1.54, 1.807) is 19.1 Å².